The van der Waals surface area contributed by atoms with E-state index < -0.39 is 0 Å². The van der Waals surface area contributed by atoms with Gasteiger partial charge >= 0.3 is 0 Å². The van der Waals surface area contributed by atoms with Crippen LogP contribution in [0.1, 0.15) is 5.82 Å². The van der Waals surface area contributed by atoms with E-state index in [0.717, 1.165) is 11.3 Å². The van der Waals surface area contributed by atoms with Crippen molar-refractivity contribution >= 4 is 0 Å². The second-order valence-electron chi connectivity index (χ2n) is 3.20. The molecule has 2 aromatic rings. The minimum absolute atomic E-state index is 0.0816. The summed E-state index contributed by atoms with van der Waals surface area (Å²) in [6.45, 7) is 0.0816. The van der Waals surface area contributed by atoms with Crippen LogP contribution in [0, 0.1) is 0 Å². The standard InChI is InChI=1S/C12H12N2O/c15-9-7-12-13-8-6-11(14-12)10-4-2-1-3-5-10/h1-6,8,15H,7,9H2. The van der Waals surface area contributed by atoms with Crippen molar-refractivity contribution in [2.45, 2.75) is 6.42 Å². The van der Waals surface area contributed by atoms with E-state index in [9.17, 15) is 0 Å². The largest absolute Gasteiger partial charge is 0.396 e. The molecule has 0 amide bonds. The highest BCUT2D eigenvalue weighted by Gasteiger charge is 2.00. The number of aliphatic hydroxyl groups excluding tert-OH is 1. The number of aliphatic hydroxyl groups is 1. The zero-order valence-electron chi connectivity index (χ0n) is 8.30. The van der Waals surface area contributed by atoms with Crippen molar-refractivity contribution in [1.29, 1.82) is 0 Å². The van der Waals surface area contributed by atoms with Crippen molar-refractivity contribution in [2.75, 3.05) is 6.61 Å². The summed E-state index contributed by atoms with van der Waals surface area (Å²) in [4.78, 5) is 8.45. The van der Waals surface area contributed by atoms with E-state index in [4.69, 9.17) is 5.11 Å². The van der Waals surface area contributed by atoms with Gasteiger partial charge < -0.3 is 5.11 Å². The van der Waals surface area contributed by atoms with Gasteiger partial charge in [0, 0.05) is 18.2 Å². The molecule has 0 fully saturated rings. The maximum Gasteiger partial charge on any atom is 0.131 e. The van der Waals surface area contributed by atoms with Crippen LogP contribution in [-0.4, -0.2) is 21.7 Å². The predicted octanol–water partition coefficient (Wildman–Crippen LogP) is 1.68. The van der Waals surface area contributed by atoms with Gasteiger partial charge in [-0.1, -0.05) is 30.3 Å². The van der Waals surface area contributed by atoms with Crippen LogP contribution in [0.3, 0.4) is 0 Å². The zero-order chi connectivity index (χ0) is 10.5. The summed E-state index contributed by atoms with van der Waals surface area (Å²) in [5.41, 5.74) is 1.97. The Morgan fingerprint density at radius 2 is 1.87 bits per heavy atom. The average Bonchev–Trinajstić information content (AvgIpc) is 2.31. The first-order valence-corrected chi connectivity index (χ1v) is 4.88. The van der Waals surface area contributed by atoms with Gasteiger partial charge in [0.1, 0.15) is 5.82 Å². The van der Waals surface area contributed by atoms with Crippen LogP contribution in [0.15, 0.2) is 42.6 Å². The highest BCUT2D eigenvalue weighted by Crippen LogP contribution is 2.15. The molecule has 1 aromatic carbocycles. The summed E-state index contributed by atoms with van der Waals surface area (Å²) in [6.07, 6.45) is 2.22. The molecule has 0 spiro atoms. The molecule has 3 nitrogen and oxygen atoms in total. The molecule has 0 aliphatic heterocycles. The van der Waals surface area contributed by atoms with Gasteiger partial charge in [-0.2, -0.15) is 0 Å². The van der Waals surface area contributed by atoms with Gasteiger partial charge in [0.05, 0.1) is 12.3 Å². The topological polar surface area (TPSA) is 46.0 Å². The summed E-state index contributed by atoms with van der Waals surface area (Å²) in [7, 11) is 0. The zero-order valence-corrected chi connectivity index (χ0v) is 8.30. The van der Waals surface area contributed by atoms with Crippen molar-refractivity contribution in [1.82, 2.24) is 9.97 Å². The minimum Gasteiger partial charge on any atom is -0.396 e. The van der Waals surface area contributed by atoms with Gasteiger partial charge in [-0.15, -0.1) is 0 Å². The van der Waals surface area contributed by atoms with Crippen LogP contribution in [0.2, 0.25) is 0 Å². The lowest BCUT2D eigenvalue weighted by Crippen LogP contribution is -1.99. The molecular formula is C12H12N2O. The molecule has 0 radical (unpaired) electrons. The summed E-state index contributed by atoms with van der Waals surface area (Å²) in [6, 6.07) is 11.8. The summed E-state index contributed by atoms with van der Waals surface area (Å²) < 4.78 is 0. The average molecular weight is 200 g/mol. The van der Waals surface area contributed by atoms with Crippen LogP contribution < -0.4 is 0 Å². The number of nitrogens with zero attached hydrogens (tertiary/aromatic N) is 2. The molecule has 0 atom stereocenters. The van der Waals surface area contributed by atoms with E-state index in [-0.39, 0.29) is 6.61 Å². The molecule has 2 rings (SSSR count). The first kappa shape index (κ1) is 9.80. The van der Waals surface area contributed by atoms with Crippen LogP contribution in [-0.2, 0) is 6.42 Å². The van der Waals surface area contributed by atoms with E-state index in [2.05, 4.69) is 9.97 Å². The molecule has 1 N–H and O–H groups in total. The van der Waals surface area contributed by atoms with Gasteiger partial charge in [-0.25, -0.2) is 9.97 Å². The molecule has 0 unspecified atom stereocenters. The molecule has 1 aromatic heterocycles. The molecule has 76 valence electrons. The fraction of sp³-hybridized carbons (Fsp3) is 0.167. The van der Waals surface area contributed by atoms with Crippen LogP contribution in [0.4, 0.5) is 0 Å². The molecule has 0 bridgehead atoms. The number of benzene rings is 1. The van der Waals surface area contributed by atoms with E-state index in [1.807, 2.05) is 36.4 Å². The van der Waals surface area contributed by atoms with Crippen molar-refractivity contribution < 1.29 is 5.11 Å². The number of rotatable bonds is 3. The van der Waals surface area contributed by atoms with Crippen molar-refractivity contribution in [2.24, 2.45) is 0 Å². The van der Waals surface area contributed by atoms with E-state index in [1.165, 1.54) is 0 Å². The van der Waals surface area contributed by atoms with E-state index in [1.54, 1.807) is 6.20 Å². The molecule has 0 saturated carbocycles. The third kappa shape index (κ3) is 2.39. The third-order valence-electron chi connectivity index (χ3n) is 2.11. The molecule has 3 heteroatoms. The molecule has 0 aliphatic rings. The Bertz CT molecular complexity index is 429. The monoisotopic (exact) mass is 200 g/mol. The maximum atomic E-state index is 8.80. The number of aromatic nitrogens is 2. The molecule has 1 heterocycles. The molecular weight excluding hydrogens is 188 g/mol. The second kappa shape index (κ2) is 4.66. The second-order valence-corrected chi connectivity index (χ2v) is 3.20. The van der Waals surface area contributed by atoms with Gasteiger partial charge in [0.2, 0.25) is 0 Å². The van der Waals surface area contributed by atoms with Gasteiger partial charge in [0.15, 0.2) is 0 Å². The Kier molecular flexibility index (Phi) is 3.05. The Labute approximate surface area is 88.5 Å². The fourth-order valence-corrected chi connectivity index (χ4v) is 1.39. The number of hydrogen-bond acceptors (Lipinski definition) is 3. The van der Waals surface area contributed by atoms with Crippen molar-refractivity contribution in [3.63, 3.8) is 0 Å². The summed E-state index contributed by atoms with van der Waals surface area (Å²) in [5.74, 6) is 0.679. The summed E-state index contributed by atoms with van der Waals surface area (Å²) >= 11 is 0. The normalized spacial score (nSPS) is 10.2. The van der Waals surface area contributed by atoms with Crippen LogP contribution >= 0.6 is 0 Å². The Morgan fingerprint density at radius 3 is 2.60 bits per heavy atom. The molecule has 15 heavy (non-hydrogen) atoms. The van der Waals surface area contributed by atoms with Crippen molar-refractivity contribution in [3.8, 4) is 11.3 Å². The van der Waals surface area contributed by atoms with Crippen LogP contribution in [0.25, 0.3) is 11.3 Å². The Balaban J connectivity index is 2.33. The summed E-state index contributed by atoms with van der Waals surface area (Å²) in [5, 5.41) is 8.80. The van der Waals surface area contributed by atoms with Gasteiger partial charge in [0.25, 0.3) is 0 Å². The number of hydrogen-bond donors (Lipinski definition) is 1. The fourth-order valence-electron chi connectivity index (χ4n) is 1.39. The Morgan fingerprint density at radius 1 is 1.07 bits per heavy atom. The minimum atomic E-state index is 0.0816. The predicted molar refractivity (Wildman–Crippen MR) is 58.3 cm³/mol. The van der Waals surface area contributed by atoms with Gasteiger partial charge in [-0.05, 0) is 6.07 Å². The highest BCUT2D eigenvalue weighted by molar-refractivity contribution is 5.58. The maximum absolute atomic E-state index is 8.80. The van der Waals surface area contributed by atoms with E-state index >= 15 is 0 Å². The molecule has 0 aliphatic carbocycles. The highest BCUT2D eigenvalue weighted by atomic mass is 16.3. The van der Waals surface area contributed by atoms with Gasteiger partial charge in [-0.3, -0.25) is 0 Å². The van der Waals surface area contributed by atoms with E-state index in [0.29, 0.717) is 12.2 Å². The van der Waals surface area contributed by atoms with Crippen molar-refractivity contribution in [3.05, 3.63) is 48.4 Å². The smallest absolute Gasteiger partial charge is 0.131 e. The lowest BCUT2D eigenvalue weighted by Gasteiger charge is -2.02. The first-order valence-electron chi connectivity index (χ1n) is 4.88. The molecule has 0 saturated heterocycles. The SMILES string of the molecule is OCCc1nccc(-c2ccccc2)n1. The lowest BCUT2D eigenvalue weighted by molar-refractivity contribution is 0.296. The van der Waals surface area contributed by atoms with Crippen LogP contribution in [0.5, 0.6) is 0 Å². The third-order valence-corrected chi connectivity index (χ3v) is 2.11. The lowest BCUT2D eigenvalue weighted by atomic mass is 10.1. The first-order chi connectivity index (χ1) is 7.40. The Hall–Kier alpha value is -1.74. The quantitative estimate of drug-likeness (QED) is 0.819.